The van der Waals surface area contributed by atoms with Crippen molar-refractivity contribution in [1.29, 1.82) is 0 Å². The molecule has 3 heterocycles. The van der Waals surface area contributed by atoms with Gasteiger partial charge in [-0.05, 0) is 12.5 Å². The molecular weight excluding hydrogens is 400 g/mol. The summed E-state index contributed by atoms with van der Waals surface area (Å²) in [6, 6.07) is 2.99. The molecule has 10 heteroatoms. The number of pyridine rings is 1. The molecule has 0 radical (unpaired) electrons. The van der Waals surface area contributed by atoms with Crippen LogP contribution in [0.2, 0.25) is 0 Å². The minimum Gasteiger partial charge on any atom is -0.503 e. The summed E-state index contributed by atoms with van der Waals surface area (Å²) in [5.41, 5.74) is -0.822. The monoisotopic (exact) mass is 421 g/mol. The molecule has 1 saturated heterocycles. The van der Waals surface area contributed by atoms with Gasteiger partial charge < -0.3 is 24.5 Å². The van der Waals surface area contributed by atoms with Crippen molar-refractivity contribution in [3.05, 3.63) is 63.1 Å². The maximum Gasteiger partial charge on any atom is 0.257 e. The number of carbonyl (C=O) groups excluding carboxylic acids is 1. The summed E-state index contributed by atoms with van der Waals surface area (Å²) >= 11 is 0. The Morgan fingerprint density at radius 1 is 1.40 bits per heavy atom. The Morgan fingerprint density at radius 3 is 2.93 bits per heavy atom. The zero-order chi connectivity index (χ0) is 21.4. The highest BCUT2D eigenvalue weighted by Crippen LogP contribution is 2.35. The largest absolute Gasteiger partial charge is 0.503 e. The normalized spacial score (nSPS) is 21.0. The summed E-state index contributed by atoms with van der Waals surface area (Å²) in [7, 11) is 1.47. The number of nitrogens with one attached hydrogen (secondary N) is 1. The van der Waals surface area contributed by atoms with E-state index in [1.54, 1.807) is 4.57 Å². The lowest BCUT2D eigenvalue weighted by Gasteiger charge is -2.45. The van der Waals surface area contributed by atoms with Crippen molar-refractivity contribution in [1.82, 2.24) is 14.8 Å². The molecular formula is C20H21F2N3O5. The Kier molecular flexibility index (Phi) is 5.54. The fourth-order valence-corrected chi connectivity index (χ4v) is 3.88. The third-order valence-corrected chi connectivity index (χ3v) is 5.35. The van der Waals surface area contributed by atoms with Crippen LogP contribution in [0.5, 0.6) is 5.75 Å². The van der Waals surface area contributed by atoms with Gasteiger partial charge in [-0.15, -0.1) is 0 Å². The first-order valence-electron chi connectivity index (χ1n) is 9.49. The zero-order valence-corrected chi connectivity index (χ0v) is 16.2. The van der Waals surface area contributed by atoms with Gasteiger partial charge >= 0.3 is 0 Å². The number of aromatic nitrogens is 1. The number of hydrogen-bond acceptors (Lipinski definition) is 6. The number of rotatable bonds is 4. The van der Waals surface area contributed by atoms with Crippen molar-refractivity contribution < 1.29 is 28.2 Å². The van der Waals surface area contributed by atoms with Gasteiger partial charge in [0.1, 0.15) is 29.1 Å². The molecule has 1 fully saturated rings. The smallest absolute Gasteiger partial charge is 0.257 e. The molecule has 8 nitrogen and oxygen atoms in total. The molecule has 30 heavy (non-hydrogen) atoms. The first-order valence-corrected chi connectivity index (χ1v) is 9.49. The van der Waals surface area contributed by atoms with Crippen LogP contribution in [0.4, 0.5) is 8.78 Å². The fourth-order valence-electron chi connectivity index (χ4n) is 3.88. The molecule has 1 aromatic heterocycles. The van der Waals surface area contributed by atoms with Crippen molar-refractivity contribution in [2.24, 2.45) is 0 Å². The lowest BCUT2D eigenvalue weighted by atomic mass is 10.1. The number of ether oxygens (including phenoxy) is 2. The number of fused-ring (bicyclic) bond motifs is 2. The lowest BCUT2D eigenvalue weighted by molar-refractivity contribution is -0.193. The number of nitrogens with zero attached hydrogens (tertiary/aromatic N) is 2. The van der Waals surface area contributed by atoms with Gasteiger partial charge in [0.15, 0.2) is 12.0 Å². The molecule has 0 saturated carbocycles. The predicted octanol–water partition coefficient (Wildman–Crippen LogP) is 1.47. The van der Waals surface area contributed by atoms with Crippen LogP contribution in [0.25, 0.3) is 0 Å². The minimum absolute atomic E-state index is 0.0673. The predicted molar refractivity (Wildman–Crippen MR) is 101 cm³/mol. The molecule has 2 atom stereocenters. The standard InChI is InChI=1S/C20H21F2N3O5/c1-29-20-16-18(27)17(26)13(9-24(16)10-15-25(20)5-2-6-30-15)19(28)23-8-11-3-4-12(21)7-14(11)22/h3-4,7,9,15,20,27H,2,5-6,8,10H2,1H3,(H,23,28)/t15-,20?/m0/s1. The Balaban J connectivity index is 1.63. The van der Waals surface area contributed by atoms with Gasteiger partial charge in [-0.2, -0.15) is 0 Å². The van der Waals surface area contributed by atoms with Crippen LogP contribution in [0.1, 0.15) is 34.3 Å². The number of carbonyl (C=O) groups is 1. The molecule has 160 valence electrons. The topological polar surface area (TPSA) is 93.0 Å². The van der Waals surface area contributed by atoms with E-state index in [0.29, 0.717) is 25.8 Å². The summed E-state index contributed by atoms with van der Waals surface area (Å²) in [4.78, 5) is 27.2. The number of benzene rings is 1. The molecule has 2 aromatic rings. The number of methoxy groups -OCH3 is 1. The van der Waals surface area contributed by atoms with Gasteiger partial charge in [0, 0.05) is 44.6 Å². The molecule has 4 rings (SSSR count). The van der Waals surface area contributed by atoms with E-state index in [-0.39, 0.29) is 29.6 Å². The quantitative estimate of drug-likeness (QED) is 0.777. The first kappa shape index (κ1) is 20.5. The molecule has 2 N–H and O–H groups in total. The molecule has 0 aliphatic carbocycles. The average molecular weight is 421 g/mol. The third-order valence-electron chi connectivity index (χ3n) is 5.35. The maximum absolute atomic E-state index is 13.8. The van der Waals surface area contributed by atoms with Crippen LogP contribution < -0.4 is 10.7 Å². The second kappa shape index (κ2) is 8.13. The van der Waals surface area contributed by atoms with E-state index in [2.05, 4.69) is 5.32 Å². The van der Waals surface area contributed by atoms with Crippen LogP contribution in [0.15, 0.2) is 29.2 Å². The number of hydrogen-bond donors (Lipinski definition) is 2. The van der Waals surface area contributed by atoms with Gasteiger partial charge in [0.05, 0.1) is 6.54 Å². The van der Waals surface area contributed by atoms with Crippen molar-refractivity contribution >= 4 is 5.91 Å². The van der Waals surface area contributed by atoms with E-state index in [1.807, 2.05) is 4.90 Å². The molecule has 2 aliphatic rings. The molecule has 2 aliphatic heterocycles. The van der Waals surface area contributed by atoms with Crippen molar-refractivity contribution in [3.8, 4) is 5.75 Å². The second-order valence-corrected chi connectivity index (χ2v) is 7.18. The summed E-state index contributed by atoms with van der Waals surface area (Å²) < 4.78 is 39.6. The fraction of sp³-hybridized carbons (Fsp3) is 0.400. The molecule has 1 amide bonds. The maximum atomic E-state index is 13.8. The van der Waals surface area contributed by atoms with E-state index < -0.39 is 34.9 Å². The lowest BCUT2D eigenvalue weighted by Crippen LogP contribution is -2.52. The highest BCUT2D eigenvalue weighted by Gasteiger charge is 2.39. The summed E-state index contributed by atoms with van der Waals surface area (Å²) in [5.74, 6) is -2.90. The van der Waals surface area contributed by atoms with Gasteiger partial charge in [0.25, 0.3) is 5.91 Å². The van der Waals surface area contributed by atoms with Crippen molar-refractivity contribution in [2.45, 2.75) is 32.0 Å². The summed E-state index contributed by atoms with van der Waals surface area (Å²) in [6.07, 6.45) is 1.13. The summed E-state index contributed by atoms with van der Waals surface area (Å²) in [6.45, 7) is 1.32. The Bertz CT molecular complexity index is 1040. The zero-order valence-electron chi connectivity index (χ0n) is 16.2. The Labute approximate surface area is 170 Å². The summed E-state index contributed by atoms with van der Waals surface area (Å²) in [5, 5.41) is 13.0. The molecule has 0 spiro atoms. The van der Waals surface area contributed by atoms with Crippen LogP contribution in [-0.4, -0.2) is 47.0 Å². The first-order chi connectivity index (χ1) is 14.4. The molecule has 1 unspecified atom stereocenters. The molecule has 0 bridgehead atoms. The van der Waals surface area contributed by atoms with Gasteiger partial charge in [-0.25, -0.2) is 13.7 Å². The highest BCUT2D eigenvalue weighted by molar-refractivity contribution is 5.94. The number of aromatic hydroxyl groups is 1. The van der Waals surface area contributed by atoms with E-state index >= 15 is 0 Å². The Morgan fingerprint density at radius 2 is 2.20 bits per heavy atom. The van der Waals surface area contributed by atoms with E-state index in [1.165, 1.54) is 19.4 Å². The van der Waals surface area contributed by atoms with E-state index in [9.17, 15) is 23.5 Å². The van der Waals surface area contributed by atoms with Crippen molar-refractivity contribution in [2.75, 3.05) is 20.3 Å². The second-order valence-electron chi connectivity index (χ2n) is 7.18. The van der Waals surface area contributed by atoms with Gasteiger partial charge in [-0.3, -0.25) is 9.59 Å². The SMILES string of the molecule is COC1c2c(O)c(=O)c(C(=O)NCc3ccc(F)cc3F)cn2C[C@@H]2OCCCN12. The number of amides is 1. The van der Waals surface area contributed by atoms with Crippen LogP contribution >= 0.6 is 0 Å². The van der Waals surface area contributed by atoms with Crippen LogP contribution in [0.3, 0.4) is 0 Å². The molecule has 1 aromatic carbocycles. The Hall–Kier alpha value is -2.82. The van der Waals surface area contributed by atoms with Crippen molar-refractivity contribution in [3.63, 3.8) is 0 Å². The average Bonchev–Trinajstić information content (AvgIpc) is 2.74. The highest BCUT2D eigenvalue weighted by atomic mass is 19.1. The van der Waals surface area contributed by atoms with Crippen LogP contribution in [-0.2, 0) is 22.6 Å². The van der Waals surface area contributed by atoms with Gasteiger partial charge in [-0.1, -0.05) is 6.07 Å². The minimum atomic E-state index is -0.850. The van der Waals surface area contributed by atoms with Gasteiger partial charge in [0.2, 0.25) is 5.43 Å². The number of halogens is 2. The van der Waals surface area contributed by atoms with Crippen LogP contribution in [0, 0.1) is 11.6 Å². The van der Waals surface area contributed by atoms with E-state index in [4.69, 9.17) is 9.47 Å². The third kappa shape index (κ3) is 3.57. The van der Waals surface area contributed by atoms with E-state index in [0.717, 1.165) is 12.5 Å².